The molecule has 0 saturated heterocycles. The van der Waals surface area contributed by atoms with Crippen molar-refractivity contribution in [1.82, 2.24) is 25.2 Å². The van der Waals surface area contributed by atoms with Gasteiger partial charge < -0.3 is 10.6 Å². The average Bonchev–Trinajstić information content (AvgIpc) is 3.03. The predicted octanol–water partition coefficient (Wildman–Crippen LogP) is 1.47. The first-order chi connectivity index (χ1) is 12.1. The van der Waals surface area contributed by atoms with E-state index >= 15 is 0 Å². The smallest absolute Gasteiger partial charge is 0.251 e. The molecule has 0 bridgehead atoms. The van der Waals surface area contributed by atoms with Crippen LogP contribution in [-0.4, -0.2) is 39.5 Å². The van der Waals surface area contributed by atoms with Crippen LogP contribution in [0.5, 0.6) is 0 Å². The summed E-state index contributed by atoms with van der Waals surface area (Å²) < 4.78 is 1.87. The minimum absolute atomic E-state index is 0.105. The number of pyridine rings is 1. The molecule has 128 valence electrons. The number of aromatic nitrogens is 3. The molecule has 2 N–H and O–H groups in total. The maximum atomic E-state index is 11.9. The van der Waals surface area contributed by atoms with Crippen molar-refractivity contribution in [3.8, 4) is 0 Å². The summed E-state index contributed by atoms with van der Waals surface area (Å²) in [6.07, 6.45) is 2.41. The fourth-order valence-corrected chi connectivity index (χ4v) is 2.52. The third-order valence-corrected chi connectivity index (χ3v) is 3.79. The minimum atomic E-state index is -0.346. The highest BCUT2D eigenvalue weighted by atomic mass is 35.5. The highest BCUT2D eigenvalue weighted by Crippen LogP contribution is 2.10. The molecular formula is C17H16ClN5O2. The Morgan fingerprint density at radius 2 is 1.96 bits per heavy atom. The fourth-order valence-electron chi connectivity index (χ4n) is 2.33. The normalized spacial score (nSPS) is 10.6. The molecule has 0 aliphatic carbocycles. The van der Waals surface area contributed by atoms with E-state index in [0.717, 1.165) is 11.5 Å². The van der Waals surface area contributed by atoms with Gasteiger partial charge in [-0.1, -0.05) is 23.7 Å². The van der Waals surface area contributed by atoms with E-state index in [9.17, 15) is 9.59 Å². The van der Waals surface area contributed by atoms with Gasteiger partial charge in [-0.25, -0.2) is 0 Å². The van der Waals surface area contributed by atoms with Crippen molar-refractivity contribution in [2.45, 2.75) is 6.42 Å². The number of hydrogen-bond acceptors (Lipinski definition) is 4. The van der Waals surface area contributed by atoms with Crippen molar-refractivity contribution in [3.05, 3.63) is 65.1 Å². The van der Waals surface area contributed by atoms with Crippen molar-refractivity contribution in [2.75, 3.05) is 13.1 Å². The standard InChI is InChI=1S/C17H16ClN5O2/c18-13-5-3-4-12(10-13)17(25)20-11-16(24)19-8-7-15-22-21-14-6-1-2-9-23(14)15/h1-6,9-10H,7-8,11H2,(H,19,24)(H,20,25). The first-order valence-electron chi connectivity index (χ1n) is 7.72. The SMILES string of the molecule is O=C(CNC(=O)c1cccc(Cl)c1)NCCc1nnc2ccccn12. The van der Waals surface area contributed by atoms with Crippen LogP contribution < -0.4 is 10.6 Å². The van der Waals surface area contributed by atoms with Gasteiger partial charge in [-0.3, -0.25) is 14.0 Å². The molecule has 0 aliphatic heterocycles. The van der Waals surface area contributed by atoms with Gasteiger partial charge in [-0.05, 0) is 30.3 Å². The molecule has 0 unspecified atom stereocenters. The van der Waals surface area contributed by atoms with Crippen LogP contribution in [0.25, 0.3) is 5.65 Å². The van der Waals surface area contributed by atoms with Crippen LogP contribution in [0.4, 0.5) is 0 Å². The molecule has 0 spiro atoms. The lowest BCUT2D eigenvalue weighted by Gasteiger charge is -2.07. The van der Waals surface area contributed by atoms with E-state index in [4.69, 9.17) is 11.6 Å². The van der Waals surface area contributed by atoms with E-state index in [1.54, 1.807) is 24.3 Å². The molecule has 3 rings (SSSR count). The Kier molecular flexibility index (Phi) is 5.25. The number of benzene rings is 1. The van der Waals surface area contributed by atoms with Crippen molar-refractivity contribution in [3.63, 3.8) is 0 Å². The Hall–Kier alpha value is -2.93. The third-order valence-electron chi connectivity index (χ3n) is 3.55. The zero-order valence-corrected chi connectivity index (χ0v) is 14.0. The molecule has 25 heavy (non-hydrogen) atoms. The van der Waals surface area contributed by atoms with Gasteiger partial charge in [0.15, 0.2) is 5.65 Å². The van der Waals surface area contributed by atoms with E-state index in [0.29, 0.717) is 23.6 Å². The van der Waals surface area contributed by atoms with E-state index in [1.807, 2.05) is 28.8 Å². The lowest BCUT2D eigenvalue weighted by Crippen LogP contribution is -2.37. The topological polar surface area (TPSA) is 88.4 Å². The summed E-state index contributed by atoms with van der Waals surface area (Å²) in [5.41, 5.74) is 1.17. The maximum Gasteiger partial charge on any atom is 0.251 e. The number of hydrogen-bond donors (Lipinski definition) is 2. The monoisotopic (exact) mass is 357 g/mol. The highest BCUT2D eigenvalue weighted by Gasteiger charge is 2.09. The average molecular weight is 358 g/mol. The lowest BCUT2D eigenvalue weighted by molar-refractivity contribution is -0.120. The Labute approximate surface area is 149 Å². The van der Waals surface area contributed by atoms with Gasteiger partial charge in [0.2, 0.25) is 5.91 Å². The molecular weight excluding hydrogens is 342 g/mol. The van der Waals surface area contributed by atoms with E-state index in [2.05, 4.69) is 20.8 Å². The van der Waals surface area contributed by atoms with Crippen LogP contribution in [0.2, 0.25) is 5.02 Å². The molecule has 0 saturated carbocycles. The second kappa shape index (κ2) is 7.76. The van der Waals surface area contributed by atoms with Gasteiger partial charge >= 0.3 is 0 Å². The number of carbonyl (C=O) groups is 2. The second-order valence-electron chi connectivity index (χ2n) is 5.34. The predicted molar refractivity (Wildman–Crippen MR) is 93.5 cm³/mol. The molecule has 0 aliphatic rings. The molecule has 2 amide bonds. The van der Waals surface area contributed by atoms with Crippen LogP contribution in [0.3, 0.4) is 0 Å². The number of carbonyl (C=O) groups excluding carboxylic acids is 2. The zero-order valence-electron chi connectivity index (χ0n) is 13.3. The minimum Gasteiger partial charge on any atom is -0.354 e. The summed E-state index contributed by atoms with van der Waals surface area (Å²) in [6, 6.07) is 12.2. The number of rotatable bonds is 6. The van der Waals surface area contributed by atoms with Crippen molar-refractivity contribution < 1.29 is 9.59 Å². The van der Waals surface area contributed by atoms with Gasteiger partial charge in [0.25, 0.3) is 5.91 Å². The molecule has 8 heteroatoms. The van der Waals surface area contributed by atoms with E-state index in [-0.39, 0.29) is 18.4 Å². The highest BCUT2D eigenvalue weighted by molar-refractivity contribution is 6.30. The number of amides is 2. The van der Waals surface area contributed by atoms with Crippen LogP contribution in [0, 0.1) is 0 Å². The number of nitrogens with one attached hydrogen (secondary N) is 2. The van der Waals surface area contributed by atoms with Crippen molar-refractivity contribution in [1.29, 1.82) is 0 Å². The Balaban J connectivity index is 1.44. The Bertz CT molecular complexity index is 909. The summed E-state index contributed by atoms with van der Waals surface area (Å²) in [5.74, 6) is 0.143. The summed E-state index contributed by atoms with van der Waals surface area (Å²) in [7, 11) is 0. The first-order valence-corrected chi connectivity index (χ1v) is 8.10. The number of fused-ring (bicyclic) bond motifs is 1. The van der Waals surface area contributed by atoms with Crippen LogP contribution in [0.1, 0.15) is 16.2 Å². The quantitative estimate of drug-likeness (QED) is 0.699. The molecule has 0 radical (unpaired) electrons. The molecule has 2 heterocycles. The molecule has 0 fully saturated rings. The van der Waals surface area contributed by atoms with Gasteiger partial charge in [0.05, 0.1) is 6.54 Å². The van der Waals surface area contributed by atoms with Crippen molar-refractivity contribution >= 4 is 29.1 Å². The second-order valence-corrected chi connectivity index (χ2v) is 5.77. The fraction of sp³-hybridized carbons (Fsp3) is 0.176. The van der Waals surface area contributed by atoms with Gasteiger partial charge in [0, 0.05) is 29.7 Å². The summed E-state index contributed by atoms with van der Waals surface area (Å²) in [5, 5.41) is 13.9. The number of halogens is 1. The van der Waals surface area contributed by atoms with Crippen LogP contribution in [-0.2, 0) is 11.2 Å². The van der Waals surface area contributed by atoms with Crippen LogP contribution >= 0.6 is 11.6 Å². The lowest BCUT2D eigenvalue weighted by atomic mass is 10.2. The van der Waals surface area contributed by atoms with E-state index in [1.165, 1.54) is 0 Å². The third kappa shape index (κ3) is 4.33. The Morgan fingerprint density at radius 1 is 1.08 bits per heavy atom. The molecule has 2 aromatic heterocycles. The first kappa shape index (κ1) is 16.9. The summed E-state index contributed by atoms with van der Waals surface area (Å²) in [6.45, 7) is 0.299. The largest absolute Gasteiger partial charge is 0.354 e. The molecule has 0 atom stereocenters. The number of nitrogens with zero attached hydrogens (tertiary/aromatic N) is 3. The molecule has 1 aromatic carbocycles. The maximum absolute atomic E-state index is 11.9. The van der Waals surface area contributed by atoms with E-state index < -0.39 is 0 Å². The van der Waals surface area contributed by atoms with Crippen molar-refractivity contribution in [2.24, 2.45) is 0 Å². The Morgan fingerprint density at radius 3 is 2.80 bits per heavy atom. The summed E-state index contributed by atoms with van der Waals surface area (Å²) in [4.78, 5) is 23.8. The molecule has 7 nitrogen and oxygen atoms in total. The van der Waals surface area contributed by atoms with Gasteiger partial charge in [-0.15, -0.1) is 10.2 Å². The van der Waals surface area contributed by atoms with Crippen LogP contribution in [0.15, 0.2) is 48.7 Å². The zero-order chi connectivity index (χ0) is 17.6. The van der Waals surface area contributed by atoms with Gasteiger partial charge in [0.1, 0.15) is 5.82 Å². The summed E-state index contributed by atoms with van der Waals surface area (Å²) >= 11 is 5.84. The van der Waals surface area contributed by atoms with Gasteiger partial charge in [-0.2, -0.15) is 0 Å². The molecule has 3 aromatic rings.